The van der Waals surface area contributed by atoms with Gasteiger partial charge in [0, 0.05) is 13.2 Å². The van der Waals surface area contributed by atoms with Gasteiger partial charge in [0.1, 0.15) is 19.0 Å². The number of benzene rings is 1. The van der Waals surface area contributed by atoms with Crippen molar-refractivity contribution < 1.29 is 18.6 Å². The molecule has 2 aromatic rings. The largest absolute Gasteiger partial charge is 0.486 e. The number of fused-ring (bicyclic) bond motifs is 1. The van der Waals surface area contributed by atoms with Crippen LogP contribution < -0.4 is 14.8 Å². The monoisotopic (exact) mass is 331 g/mol. The topological polar surface area (TPSA) is 52.9 Å². The average molecular weight is 331 g/mol. The van der Waals surface area contributed by atoms with Gasteiger partial charge in [-0.2, -0.15) is 0 Å². The Kier molecular flexibility index (Phi) is 5.77. The van der Waals surface area contributed by atoms with Crippen molar-refractivity contribution in [2.75, 3.05) is 26.4 Å². The van der Waals surface area contributed by atoms with Gasteiger partial charge in [-0.05, 0) is 35.7 Å². The van der Waals surface area contributed by atoms with Crippen LogP contribution in [-0.4, -0.2) is 26.4 Å². The number of rotatable bonds is 8. The summed E-state index contributed by atoms with van der Waals surface area (Å²) in [4.78, 5) is 0. The molecule has 3 rings (SSSR count). The Hall–Kier alpha value is -1.98. The maximum absolute atomic E-state index is 5.79. The zero-order valence-corrected chi connectivity index (χ0v) is 14.3. The third-order valence-electron chi connectivity index (χ3n) is 3.78. The molecule has 0 fully saturated rings. The van der Waals surface area contributed by atoms with Crippen LogP contribution in [0.1, 0.15) is 31.2 Å². The van der Waals surface area contributed by atoms with Crippen LogP contribution in [0.3, 0.4) is 0 Å². The first-order chi connectivity index (χ1) is 11.7. The summed E-state index contributed by atoms with van der Waals surface area (Å²) in [7, 11) is 0. The van der Waals surface area contributed by atoms with Gasteiger partial charge in [0.2, 0.25) is 0 Å². The molecule has 0 spiro atoms. The minimum Gasteiger partial charge on any atom is -0.486 e. The van der Waals surface area contributed by atoms with E-state index in [9.17, 15) is 0 Å². The summed E-state index contributed by atoms with van der Waals surface area (Å²) in [5.74, 6) is 3.02. The lowest BCUT2D eigenvalue weighted by atomic mass is 10.1. The maximum Gasteiger partial charge on any atom is 0.161 e. The number of nitrogens with one attached hydrogen (secondary N) is 1. The quantitative estimate of drug-likeness (QED) is 0.801. The van der Waals surface area contributed by atoms with Crippen LogP contribution in [0, 0.1) is 5.92 Å². The standard InChI is InChI=1S/C19H25NO4/c1-14(2)12-21-13-16(17-4-3-7-22-17)20-11-15-5-6-18-19(10-15)24-9-8-23-18/h3-7,10,14,16,20H,8-9,11-13H2,1-2H3. The molecule has 0 amide bonds. The zero-order valence-electron chi connectivity index (χ0n) is 14.3. The van der Waals surface area contributed by atoms with Crippen molar-refractivity contribution >= 4 is 0 Å². The Morgan fingerprint density at radius 1 is 1.08 bits per heavy atom. The molecule has 2 heterocycles. The second kappa shape index (κ2) is 8.22. The molecule has 0 radical (unpaired) electrons. The highest BCUT2D eigenvalue weighted by molar-refractivity contribution is 5.43. The summed E-state index contributed by atoms with van der Waals surface area (Å²) in [6.07, 6.45) is 1.69. The van der Waals surface area contributed by atoms with Crippen LogP contribution in [-0.2, 0) is 11.3 Å². The Morgan fingerprint density at radius 2 is 1.92 bits per heavy atom. The van der Waals surface area contributed by atoms with Gasteiger partial charge in [-0.15, -0.1) is 0 Å². The molecule has 1 unspecified atom stereocenters. The minimum absolute atomic E-state index is 0.0203. The van der Waals surface area contributed by atoms with Crippen LogP contribution in [0.15, 0.2) is 41.0 Å². The summed E-state index contributed by atoms with van der Waals surface area (Å²) in [5, 5.41) is 3.50. The first-order valence-corrected chi connectivity index (χ1v) is 8.45. The molecule has 1 atom stereocenters. The van der Waals surface area contributed by atoms with E-state index in [1.54, 1.807) is 6.26 Å². The third-order valence-corrected chi connectivity index (χ3v) is 3.78. The Balaban J connectivity index is 1.60. The Morgan fingerprint density at radius 3 is 2.67 bits per heavy atom. The molecule has 0 saturated heterocycles. The lowest BCUT2D eigenvalue weighted by Crippen LogP contribution is -2.26. The van der Waals surface area contributed by atoms with Gasteiger partial charge in [-0.1, -0.05) is 19.9 Å². The fourth-order valence-electron chi connectivity index (χ4n) is 2.59. The molecule has 1 N–H and O–H groups in total. The summed E-state index contributed by atoms with van der Waals surface area (Å²) in [6.45, 7) is 7.52. The van der Waals surface area contributed by atoms with E-state index in [0.29, 0.717) is 32.3 Å². The lowest BCUT2D eigenvalue weighted by Gasteiger charge is -2.20. The van der Waals surface area contributed by atoms with Crippen molar-refractivity contribution in [1.82, 2.24) is 5.32 Å². The van der Waals surface area contributed by atoms with Crippen molar-refractivity contribution in [2.45, 2.75) is 26.4 Å². The molecule has 1 aromatic heterocycles. The van der Waals surface area contributed by atoms with Gasteiger partial charge in [0.25, 0.3) is 0 Å². The highest BCUT2D eigenvalue weighted by atomic mass is 16.6. The van der Waals surface area contributed by atoms with Gasteiger partial charge in [-0.25, -0.2) is 0 Å². The molecule has 0 saturated carbocycles. The number of furan rings is 1. The van der Waals surface area contributed by atoms with Crippen molar-refractivity contribution in [3.8, 4) is 11.5 Å². The average Bonchev–Trinajstić information content (AvgIpc) is 3.12. The van der Waals surface area contributed by atoms with Crippen molar-refractivity contribution in [3.63, 3.8) is 0 Å². The highest BCUT2D eigenvalue weighted by Crippen LogP contribution is 2.30. The van der Waals surface area contributed by atoms with E-state index in [4.69, 9.17) is 18.6 Å². The van der Waals surface area contributed by atoms with E-state index in [0.717, 1.165) is 29.4 Å². The van der Waals surface area contributed by atoms with Gasteiger partial charge in [0.15, 0.2) is 11.5 Å². The SMILES string of the molecule is CC(C)COCC(NCc1ccc2c(c1)OCCO2)c1ccco1. The van der Waals surface area contributed by atoms with E-state index in [1.165, 1.54) is 0 Å². The van der Waals surface area contributed by atoms with E-state index in [-0.39, 0.29) is 6.04 Å². The van der Waals surface area contributed by atoms with Crippen LogP contribution in [0.5, 0.6) is 11.5 Å². The molecule has 0 aliphatic carbocycles. The van der Waals surface area contributed by atoms with Crippen LogP contribution >= 0.6 is 0 Å². The zero-order chi connectivity index (χ0) is 16.8. The number of ether oxygens (including phenoxy) is 3. The smallest absolute Gasteiger partial charge is 0.161 e. The lowest BCUT2D eigenvalue weighted by molar-refractivity contribution is 0.0844. The van der Waals surface area contributed by atoms with Crippen LogP contribution in [0.25, 0.3) is 0 Å². The second-order valence-electron chi connectivity index (χ2n) is 6.36. The van der Waals surface area contributed by atoms with Crippen molar-refractivity contribution in [1.29, 1.82) is 0 Å². The molecular formula is C19H25NO4. The number of hydrogen-bond donors (Lipinski definition) is 1. The van der Waals surface area contributed by atoms with Crippen molar-refractivity contribution in [3.05, 3.63) is 47.9 Å². The summed E-state index contributed by atoms with van der Waals surface area (Å²) in [6, 6.07) is 9.93. The van der Waals surface area contributed by atoms with Gasteiger partial charge < -0.3 is 23.9 Å². The van der Waals surface area contributed by atoms with Crippen molar-refractivity contribution in [2.24, 2.45) is 5.92 Å². The molecule has 130 valence electrons. The van der Waals surface area contributed by atoms with E-state index < -0.39 is 0 Å². The molecule has 1 aliphatic heterocycles. The number of hydrogen-bond acceptors (Lipinski definition) is 5. The van der Waals surface area contributed by atoms with Gasteiger partial charge >= 0.3 is 0 Å². The van der Waals surface area contributed by atoms with Gasteiger partial charge in [-0.3, -0.25) is 0 Å². The fourth-order valence-corrected chi connectivity index (χ4v) is 2.59. The predicted molar refractivity (Wildman–Crippen MR) is 91.4 cm³/mol. The maximum atomic E-state index is 5.79. The Bertz CT molecular complexity index is 624. The van der Waals surface area contributed by atoms with E-state index in [2.05, 4.69) is 25.2 Å². The molecule has 1 aliphatic rings. The summed E-state index contributed by atoms with van der Waals surface area (Å²) >= 11 is 0. The molecule has 1 aromatic carbocycles. The first kappa shape index (κ1) is 16.9. The molecule has 5 heteroatoms. The van der Waals surface area contributed by atoms with E-state index >= 15 is 0 Å². The molecule has 0 bridgehead atoms. The molecular weight excluding hydrogens is 306 g/mol. The molecule has 5 nitrogen and oxygen atoms in total. The summed E-state index contributed by atoms with van der Waals surface area (Å²) in [5.41, 5.74) is 1.14. The van der Waals surface area contributed by atoms with Crippen LogP contribution in [0.4, 0.5) is 0 Å². The van der Waals surface area contributed by atoms with Gasteiger partial charge in [0.05, 0.1) is 18.9 Å². The Labute approximate surface area is 142 Å². The van der Waals surface area contributed by atoms with E-state index in [1.807, 2.05) is 24.3 Å². The first-order valence-electron chi connectivity index (χ1n) is 8.45. The fraction of sp³-hybridized carbons (Fsp3) is 0.474. The molecule has 24 heavy (non-hydrogen) atoms. The minimum atomic E-state index is 0.0203. The normalized spacial score (nSPS) is 14.8. The van der Waals surface area contributed by atoms with Crippen LogP contribution in [0.2, 0.25) is 0 Å². The second-order valence-corrected chi connectivity index (χ2v) is 6.36. The highest BCUT2D eigenvalue weighted by Gasteiger charge is 2.16. The third kappa shape index (κ3) is 4.52. The summed E-state index contributed by atoms with van der Waals surface area (Å²) < 4.78 is 22.5. The predicted octanol–water partition coefficient (Wildman–Crippen LogP) is 3.55.